The van der Waals surface area contributed by atoms with Gasteiger partial charge in [0, 0.05) is 9.79 Å². The number of aromatic carboxylic acids is 1. The quantitative estimate of drug-likeness (QED) is 0.886. The molecule has 2 aromatic rings. The van der Waals surface area contributed by atoms with Crippen molar-refractivity contribution in [3.63, 3.8) is 0 Å². The highest BCUT2D eigenvalue weighted by molar-refractivity contribution is 7.99. The highest BCUT2D eigenvalue weighted by atomic mass is 32.2. The van der Waals surface area contributed by atoms with Gasteiger partial charge in [0.1, 0.15) is 5.75 Å². The lowest BCUT2D eigenvalue weighted by Crippen LogP contribution is -1.95. The van der Waals surface area contributed by atoms with Crippen LogP contribution in [0.3, 0.4) is 0 Å². The number of phenolic OH excluding ortho intramolecular Hbond substituents is 1. The van der Waals surface area contributed by atoms with Gasteiger partial charge in [-0.3, -0.25) is 0 Å². The average molecular weight is 260 g/mol. The fraction of sp³-hybridized carbons (Fsp3) is 0.0714. The van der Waals surface area contributed by atoms with Gasteiger partial charge in [0.05, 0.1) is 5.56 Å². The Morgan fingerprint density at radius 3 is 2.61 bits per heavy atom. The van der Waals surface area contributed by atoms with Crippen LogP contribution in [0.25, 0.3) is 0 Å². The SMILES string of the molecule is Cc1cc(O)ccc1Sc1cccc(C(=O)O)c1. The molecule has 0 saturated carbocycles. The van der Waals surface area contributed by atoms with Gasteiger partial charge in [0.25, 0.3) is 0 Å². The van der Waals surface area contributed by atoms with Crippen LogP contribution in [0.15, 0.2) is 52.3 Å². The molecule has 0 heterocycles. The van der Waals surface area contributed by atoms with Gasteiger partial charge in [0.2, 0.25) is 0 Å². The van der Waals surface area contributed by atoms with E-state index in [-0.39, 0.29) is 11.3 Å². The molecule has 92 valence electrons. The van der Waals surface area contributed by atoms with Crippen molar-refractivity contribution >= 4 is 17.7 Å². The molecule has 0 aromatic heterocycles. The van der Waals surface area contributed by atoms with Crippen LogP contribution in [0.4, 0.5) is 0 Å². The molecule has 0 bridgehead atoms. The molecule has 0 amide bonds. The summed E-state index contributed by atoms with van der Waals surface area (Å²) in [4.78, 5) is 12.7. The van der Waals surface area contributed by atoms with Crippen LogP contribution < -0.4 is 0 Å². The summed E-state index contributed by atoms with van der Waals surface area (Å²) in [6.45, 7) is 1.91. The molecule has 3 nitrogen and oxygen atoms in total. The number of carboxylic acids is 1. The van der Waals surface area contributed by atoms with Crippen molar-refractivity contribution in [2.75, 3.05) is 0 Å². The predicted molar refractivity (Wildman–Crippen MR) is 70.4 cm³/mol. The number of carbonyl (C=O) groups is 1. The molecular weight excluding hydrogens is 248 g/mol. The number of rotatable bonds is 3. The first kappa shape index (κ1) is 12.5. The molecule has 0 aliphatic heterocycles. The van der Waals surface area contributed by atoms with Crippen LogP contribution in [0.5, 0.6) is 5.75 Å². The van der Waals surface area contributed by atoms with E-state index in [2.05, 4.69) is 0 Å². The first-order valence-corrected chi connectivity index (χ1v) is 6.19. The van der Waals surface area contributed by atoms with Gasteiger partial charge in [-0.05, 0) is 48.9 Å². The minimum atomic E-state index is -0.931. The summed E-state index contributed by atoms with van der Waals surface area (Å²) in [5, 5.41) is 18.3. The molecule has 2 N–H and O–H groups in total. The van der Waals surface area contributed by atoms with Crippen LogP contribution in [0.2, 0.25) is 0 Å². The van der Waals surface area contributed by atoms with Crippen molar-refractivity contribution in [3.05, 3.63) is 53.6 Å². The van der Waals surface area contributed by atoms with Crippen molar-refractivity contribution in [3.8, 4) is 5.75 Å². The summed E-state index contributed by atoms with van der Waals surface area (Å²) in [7, 11) is 0. The predicted octanol–water partition coefficient (Wildman–Crippen LogP) is 3.55. The Morgan fingerprint density at radius 2 is 1.94 bits per heavy atom. The third kappa shape index (κ3) is 2.84. The molecule has 0 aliphatic rings. The Labute approximate surface area is 109 Å². The molecule has 0 spiro atoms. The Morgan fingerprint density at radius 1 is 1.17 bits per heavy atom. The number of hydrogen-bond acceptors (Lipinski definition) is 3. The lowest BCUT2D eigenvalue weighted by Gasteiger charge is -2.06. The lowest BCUT2D eigenvalue weighted by molar-refractivity contribution is 0.0696. The molecule has 0 fully saturated rings. The van der Waals surface area contributed by atoms with Crippen LogP contribution in [-0.2, 0) is 0 Å². The van der Waals surface area contributed by atoms with E-state index >= 15 is 0 Å². The van der Waals surface area contributed by atoms with Gasteiger partial charge in [0.15, 0.2) is 0 Å². The van der Waals surface area contributed by atoms with E-state index in [1.54, 1.807) is 30.3 Å². The second-order valence-corrected chi connectivity index (χ2v) is 5.00. The largest absolute Gasteiger partial charge is 0.508 e. The zero-order valence-corrected chi connectivity index (χ0v) is 10.6. The Hall–Kier alpha value is -1.94. The minimum Gasteiger partial charge on any atom is -0.508 e. The van der Waals surface area contributed by atoms with Crippen LogP contribution in [-0.4, -0.2) is 16.2 Å². The number of carboxylic acid groups (broad SMARTS) is 1. The zero-order valence-electron chi connectivity index (χ0n) is 9.75. The van der Waals surface area contributed by atoms with Gasteiger partial charge in [-0.1, -0.05) is 17.8 Å². The van der Waals surface area contributed by atoms with Crippen LogP contribution in [0.1, 0.15) is 15.9 Å². The van der Waals surface area contributed by atoms with Gasteiger partial charge in [-0.25, -0.2) is 4.79 Å². The topological polar surface area (TPSA) is 57.5 Å². The molecular formula is C14H12O3S. The highest BCUT2D eigenvalue weighted by Gasteiger charge is 2.06. The maximum Gasteiger partial charge on any atom is 0.335 e. The molecule has 0 radical (unpaired) electrons. The zero-order chi connectivity index (χ0) is 13.1. The van der Waals surface area contributed by atoms with E-state index in [0.717, 1.165) is 15.4 Å². The van der Waals surface area contributed by atoms with Crippen LogP contribution in [0, 0.1) is 6.92 Å². The summed E-state index contributed by atoms with van der Waals surface area (Å²) in [6, 6.07) is 11.9. The van der Waals surface area contributed by atoms with Gasteiger partial charge in [-0.15, -0.1) is 0 Å². The van der Waals surface area contributed by atoms with E-state index in [1.165, 1.54) is 11.8 Å². The number of benzene rings is 2. The summed E-state index contributed by atoms with van der Waals surface area (Å²) >= 11 is 1.48. The molecule has 2 rings (SSSR count). The monoisotopic (exact) mass is 260 g/mol. The summed E-state index contributed by atoms with van der Waals surface area (Å²) in [5.41, 5.74) is 1.23. The van der Waals surface area contributed by atoms with E-state index in [9.17, 15) is 9.90 Å². The highest BCUT2D eigenvalue weighted by Crippen LogP contribution is 2.32. The second-order valence-electron chi connectivity index (χ2n) is 3.88. The Balaban J connectivity index is 2.28. The standard InChI is InChI=1S/C14H12O3S/c1-9-7-11(15)5-6-13(9)18-12-4-2-3-10(8-12)14(16)17/h2-8,15H,1H3,(H,16,17). The molecule has 18 heavy (non-hydrogen) atoms. The molecule has 0 aliphatic carbocycles. The second kappa shape index (κ2) is 5.14. The first-order chi connectivity index (χ1) is 8.56. The van der Waals surface area contributed by atoms with Gasteiger partial charge in [-0.2, -0.15) is 0 Å². The van der Waals surface area contributed by atoms with Crippen molar-refractivity contribution in [1.82, 2.24) is 0 Å². The average Bonchev–Trinajstić information content (AvgIpc) is 2.33. The smallest absolute Gasteiger partial charge is 0.335 e. The van der Waals surface area contributed by atoms with Crippen molar-refractivity contribution in [2.45, 2.75) is 16.7 Å². The number of hydrogen-bond donors (Lipinski definition) is 2. The van der Waals surface area contributed by atoms with E-state index in [1.807, 2.05) is 19.1 Å². The lowest BCUT2D eigenvalue weighted by atomic mass is 10.2. The summed E-state index contributed by atoms with van der Waals surface area (Å²) in [6.07, 6.45) is 0. The Kier molecular flexibility index (Phi) is 3.58. The molecule has 4 heteroatoms. The minimum absolute atomic E-state index is 0.233. The Bertz CT molecular complexity index is 593. The van der Waals surface area contributed by atoms with Gasteiger partial charge >= 0.3 is 5.97 Å². The third-order valence-corrected chi connectivity index (χ3v) is 3.63. The summed E-state index contributed by atoms with van der Waals surface area (Å²) < 4.78 is 0. The number of aromatic hydroxyl groups is 1. The van der Waals surface area contributed by atoms with E-state index in [0.29, 0.717) is 0 Å². The maximum atomic E-state index is 10.9. The molecule has 0 unspecified atom stereocenters. The van der Waals surface area contributed by atoms with Gasteiger partial charge < -0.3 is 10.2 Å². The fourth-order valence-corrected chi connectivity index (χ4v) is 2.51. The van der Waals surface area contributed by atoms with Crippen molar-refractivity contribution in [2.24, 2.45) is 0 Å². The third-order valence-electron chi connectivity index (χ3n) is 2.47. The van der Waals surface area contributed by atoms with E-state index < -0.39 is 5.97 Å². The van der Waals surface area contributed by atoms with Crippen molar-refractivity contribution in [1.29, 1.82) is 0 Å². The van der Waals surface area contributed by atoms with Crippen LogP contribution >= 0.6 is 11.8 Å². The fourth-order valence-electron chi connectivity index (χ4n) is 1.57. The number of phenols is 1. The normalized spacial score (nSPS) is 10.3. The summed E-state index contributed by atoms with van der Waals surface area (Å²) in [5.74, 6) is -0.698. The number of aryl methyl sites for hydroxylation is 1. The first-order valence-electron chi connectivity index (χ1n) is 5.37. The maximum absolute atomic E-state index is 10.9. The van der Waals surface area contributed by atoms with Crippen molar-refractivity contribution < 1.29 is 15.0 Å². The van der Waals surface area contributed by atoms with E-state index in [4.69, 9.17) is 5.11 Å². The molecule has 2 aromatic carbocycles. The molecule has 0 atom stereocenters. The molecule has 0 saturated heterocycles.